The Morgan fingerprint density at radius 2 is 1.89 bits per heavy atom. The van der Waals surface area contributed by atoms with Crippen LogP contribution in [0.5, 0.6) is 0 Å². The first kappa shape index (κ1) is 13.8. The highest BCUT2D eigenvalue weighted by Crippen LogP contribution is 2.21. The summed E-state index contributed by atoms with van der Waals surface area (Å²) < 4.78 is 0. The minimum Gasteiger partial charge on any atom is -0.341 e. The molecule has 0 aromatic heterocycles. The molecule has 98 valence electrons. The number of nitrogens with two attached hydrogens (primary N) is 1. The van der Waals surface area contributed by atoms with E-state index in [0.717, 1.165) is 10.6 Å². The predicted molar refractivity (Wildman–Crippen MR) is 70.4 cm³/mol. The van der Waals surface area contributed by atoms with E-state index in [0.29, 0.717) is 11.4 Å². The monoisotopic (exact) mass is 251 g/mol. The smallest absolute Gasteiger partial charge is 0.336 e. The lowest BCUT2D eigenvalue weighted by Gasteiger charge is -2.18. The molecule has 0 saturated heterocycles. The number of carbonyl (C=O) groups excluding carboxylic acids is 2. The zero-order valence-corrected chi connectivity index (χ0v) is 10.6. The fraction of sp³-hybridized carbons (Fsp3) is 0.273. The first-order chi connectivity index (χ1) is 8.49. The van der Waals surface area contributed by atoms with Gasteiger partial charge in [-0.25, -0.2) is 20.4 Å². The second kappa shape index (κ2) is 5.87. The van der Waals surface area contributed by atoms with Crippen LogP contribution in [0.1, 0.15) is 5.56 Å². The fourth-order valence-electron chi connectivity index (χ4n) is 1.32. The van der Waals surface area contributed by atoms with Crippen molar-refractivity contribution >= 4 is 23.4 Å². The third-order valence-corrected chi connectivity index (χ3v) is 2.41. The second-order valence-electron chi connectivity index (χ2n) is 3.63. The highest BCUT2D eigenvalue weighted by molar-refractivity contribution is 5.94. The molecule has 4 amide bonds. The predicted octanol–water partition coefficient (Wildman–Crippen LogP) is 0.766. The average Bonchev–Trinajstić information content (AvgIpc) is 2.39. The molecule has 5 N–H and O–H groups in total. The Labute approximate surface area is 105 Å². The molecule has 0 aliphatic carbocycles. The van der Waals surface area contributed by atoms with Gasteiger partial charge >= 0.3 is 12.1 Å². The van der Waals surface area contributed by atoms with Crippen LogP contribution in [-0.2, 0) is 0 Å². The minimum absolute atomic E-state index is 0.334. The lowest BCUT2D eigenvalue weighted by molar-refractivity contribution is 0.248. The molecule has 0 heterocycles. The summed E-state index contributed by atoms with van der Waals surface area (Å²) in [7, 11) is 3.01. The molecule has 0 radical (unpaired) electrons. The van der Waals surface area contributed by atoms with Crippen molar-refractivity contribution in [1.29, 1.82) is 0 Å². The standard InChI is InChI=1S/C11H17N5O2/c1-7-4-5-8(16(12)11(18)14-3)6-9(7)15-10(17)13-2/h4-6H,12H2,1-3H3,(H,14,18)(H2,13,15,17). The van der Waals surface area contributed by atoms with E-state index in [1.165, 1.54) is 14.1 Å². The van der Waals surface area contributed by atoms with Crippen LogP contribution < -0.4 is 26.8 Å². The Bertz CT molecular complexity index is 461. The topological polar surface area (TPSA) is 99.5 Å². The molecular formula is C11H17N5O2. The Kier molecular flexibility index (Phi) is 4.50. The van der Waals surface area contributed by atoms with Gasteiger partial charge in [-0.1, -0.05) is 6.07 Å². The summed E-state index contributed by atoms with van der Waals surface area (Å²) in [4.78, 5) is 22.6. The number of amides is 4. The van der Waals surface area contributed by atoms with Crippen LogP contribution in [0.4, 0.5) is 21.0 Å². The normalized spacial score (nSPS) is 9.56. The molecular weight excluding hydrogens is 234 g/mol. The SMILES string of the molecule is CNC(=O)Nc1cc(N(N)C(=O)NC)ccc1C. The molecule has 1 aromatic rings. The quantitative estimate of drug-likeness (QED) is 0.355. The molecule has 7 nitrogen and oxygen atoms in total. The van der Waals surface area contributed by atoms with E-state index in [9.17, 15) is 9.59 Å². The van der Waals surface area contributed by atoms with Gasteiger partial charge in [0.25, 0.3) is 0 Å². The fourth-order valence-corrected chi connectivity index (χ4v) is 1.32. The van der Waals surface area contributed by atoms with Crippen LogP contribution in [-0.4, -0.2) is 26.2 Å². The van der Waals surface area contributed by atoms with Crippen LogP contribution in [0.2, 0.25) is 0 Å². The van der Waals surface area contributed by atoms with Gasteiger partial charge in [0.05, 0.1) is 5.69 Å². The number of urea groups is 2. The number of nitrogens with one attached hydrogen (secondary N) is 3. The number of hydrazine groups is 1. The van der Waals surface area contributed by atoms with Crippen molar-refractivity contribution in [3.8, 4) is 0 Å². The van der Waals surface area contributed by atoms with Crippen LogP contribution in [0, 0.1) is 6.92 Å². The first-order valence-electron chi connectivity index (χ1n) is 5.35. The zero-order chi connectivity index (χ0) is 13.7. The molecule has 18 heavy (non-hydrogen) atoms. The number of aryl methyl sites for hydroxylation is 1. The number of rotatable bonds is 2. The minimum atomic E-state index is -0.440. The molecule has 7 heteroatoms. The van der Waals surface area contributed by atoms with E-state index < -0.39 is 6.03 Å². The average molecular weight is 251 g/mol. The number of anilines is 2. The van der Waals surface area contributed by atoms with Gasteiger partial charge in [-0.15, -0.1) is 0 Å². The summed E-state index contributed by atoms with van der Waals surface area (Å²) in [6.07, 6.45) is 0. The van der Waals surface area contributed by atoms with Crippen molar-refractivity contribution in [3.05, 3.63) is 23.8 Å². The van der Waals surface area contributed by atoms with E-state index in [-0.39, 0.29) is 6.03 Å². The number of hydrogen-bond donors (Lipinski definition) is 4. The molecule has 0 unspecified atom stereocenters. The van der Waals surface area contributed by atoms with Gasteiger partial charge in [0.15, 0.2) is 0 Å². The Hall–Kier alpha value is -2.28. The van der Waals surface area contributed by atoms with Crippen molar-refractivity contribution < 1.29 is 9.59 Å². The van der Waals surface area contributed by atoms with E-state index >= 15 is 0 Å². The molecule has 1 aromatic carbocycles. The van der Waals surface area contributed by atoms with Gasteiger partial charge in [0.1, 0.15) is 0 Å². The van der Waals surface area contributed by atoms with Crippen molar-refractivity contribution in [2.45, 2.75) is 6.92 Å². The van der Waals surface area contributed by atoms with E-state index in [2.05, 4.69) is 16.0 Å². The van der Waals surface area contributed by atoms with E-state index in [1.54, 1.807) is 18.2 Å². The van der Waals surface area contributed by atoms with E-state index in [1.807, 2.05) is 6.92 Å². The Morgan fingerprint density at radius 3 is 2.44 bits per heavy atom. The largest absolute Gasteiger partial charge is 0.341 e. The Balaban J connectivity index is 3.00. The van der Waals surface area contributed by atoms with Crippen LogP contribution in [0.25, 0.3) is 0 Å². The third kappa shape index (κ3) is 3.11. The van der Waals surface area contributed by atoms with Crippen molar-refractivity contribution in [1.82, 2.24) is 10.6 Å². The number of carbonyl (C=O) groups is 2. The lowest BCUT2D eigenvalue weighted by Crippen LogP contribution is -2.43. The molecule has 0 aliphatic rings. The first-order valence-corrected chi connectivity index (χ1v) is 5.35. The van der Waals surface area contributed by atoms with Gasteiger partial charge in [-0.05, 0) is 24.6 Å². The lowest BCUT2D eigenvalue weighted by atomic mass is 10.2. The molecule has 0 bridgehead atoms. The van der Waals surface area contributed by atoms with Crippen molar-refractivity contribution in [2.75, 3.05) is 24.4 Å². The molecule has 0 aliphatic heterocycles. The molecule has 1 rings (SSSR count). The van der Waals surface area contributed by atoms with Crippen LogP contribution in [0.15, 0.2) is 18.2 Å². The highest BCUT2D eigenvalue weighted by Gasteiger charge is 2.11. The van der Waals surface area contributed by atoms with Gasteiger partial charge in [-0.3, -0.25) is 0 Å². The Morgan fingerprint density at radius 1 is 1.22 bits per heavy atom. The summed E-state index contributed by atoms with van der Waals surface area (Å²) in [6, 6.07) is 4.31. The zero-order valence-electron chi connectivity index (χ0n) is 10.6. The van der Waals surface area contributed by atoms with Gasteiger partial charge < -0.3 is 16.0 Å². The van der Waals surface area contributed by atoms with Crippen molar-refractivity contribution in [3.63, 3.8) is 0 Å². The summed E-state index contributed by atoms with van der Waals surface area (Å²) in [6.45, 7) is 1.84. The number of benzene rings is 1. The summed E-state index contributed by atoms with van der Waals surface area (Å²) in [5, 5.41) is 8.48. The summed E-state index contributed by atoms with van der Waals surface area (Å²) in [5.41, 5.74) is 1.94. The van der Waals surface area contributed by atoms with Crippen LogP contribution in [0.3, 0.4) is 0 Å². The number of nitrogens with zero attached hydrogens (tertiary/aromatic N) is 1. The van der Waals surface area contributed by atoms with Gasteiger partial charge in [-0.2, -0.15) is 0 Å². The van der Waals surface area contributed by atoms with Gasteiger partial charge in [0, 0.05) is 19.8 Å². The third-order valence-electron chi connectivity index (χ3n) is 2.41. The number of hydrogen-bond acceptors (Lipinski definition) is 3. The highest BCUT2D eigenvalue weighted by atomic mass is 16.2. The summed E-state index contributed by atoms with van der Waals surface area (Å²) in [5.74, 6) is 5.62. The molecule has 0 atom stereocenters. The van der Waals surface area contributed by atoms with Crippen molar-refractivity contribution in [2.24, 2.45) is 5.84 Å². The molecule has 0 spiro atoms. The van der Waals surface area contributed by atoms with Gasteiger partial charge in [0.2, 0.25) is 0 Å². The second-order valence-corrected chi connectivity index (χ2v) is 3.63. The maximum atomic E-state index is 11.4. The molecule has 0 saturated carbocycles. The maximum Gasteiger partial charge on any atom is 0.336 e. The molecule has 0 fully saturated rings. The maximum absolute atomic E-state index is 11.4. The van der Waals surface area contributed by atoms with E-state index in [4.69, 9.17) is 5.84 Å². The van der Waals surface area contributed by atoms with Crippen LogP contribution >= 0.6 is 0 Å². The summed E-state index contributed by atoms with van der Waals surface area (Å²) >= 11 is 0.